The lowest BCUT2D eigenvalue weighted by atomic mass is 10.0. The van der Waals surface area contributed by atoms with Crippen LogP contribution in [0, 0.1) is 10.1 Å². The van der Waals surface area contributed by atoms with Gasteiger partial charge in [0.1, 0.15) is 5.82 Å². The molecule has 0 atom stereocenters. The van der Waals surface area contributed by atoms with E-state index in [4.69, 9.17) is 4.98 Å². The van der Waals surface area contributed by atoms with Gasteiger partial charge >= 0.3 is 0 Å². The summed E-state index contributed by atoms with van der Waals surface area (Å²) >= 11 is 0. The summed E-state index contributed by atoms with van der Waals surface area (Å²) in [7, 11) is 0. The monoisotopic (exact) mass is 467 g/mol. The smallest absolute Gasteiger partial charge is 0.277 e. The standard InChI is InChI=1S/C31H21N3O2/c35-34(36)29-17-8-7-15-26(29)27-16-9-14-24-18-19-33(31(24)27)30-21-25(22-10-3-1-4-11-22)20-28(32-30)23-12-5-2-6-13-23/h1-21H. The lowest BCUT2D eigenvalue weighted by molar-refractivity contribution is -0.384. The second-order valence-corrected chi connectivity index (χ2v) is 8.53. The van der Waals surface area contributed by atoms with Crippen molar-refractivity contribution in [1.82, 2.24) is 9.55 Å². The molecule has 5 nitrogen and oxygen atoms in total. The fraction of sp³-hybridized carbons (Fsp3) is 0. The minimum atomic E-state index is -0.330. The van der Waals surface area contributed by atoms with Gasteiger partial charge in [0.05, 0.1) is 21.7 Å². The fourth-order valence-corrected chi connectivity index (χ4v) is 4.66. The highest BCUT2D eigenvalue weighted by molar-refractivity contribution is 5.98. The van der Waals surface area contributed by atoms with Crippen molar-refractivity contribution in [1.29, 1.82) is 0 Å². The van der Waals surface area contributed by atoms with Crippen LogP contribution in [0.1, 0.15) is 0 Å². The molecule has 2 heterocycles. The van der Waals surface area contributed by atoms with E-state index in [9.17, 15) is 10.1 Å². The predicted octanol–water partition coefficient (Wildman–Crippen LogP) is 7.93. The number of rotatable bonds is 5. The lowest BCUT2D eigenvalue weighted by Gasteiger charge is -2.14. The molecule has 0 N–H and O–H groups in total. The Morgan fingerprint density at radius 1 is 0.639 bits per heavy atom. The maximum Gasteiger partial charge on any atom is 0.277 e. The second kappa shape index (κ2) is 8.96. The number of aromatic nitrogens is 2. The lowest BCUT2D eigenvalue weighted by Crippen LogP contribution is -2.00. The van der Waals surface area contributed by atoms with Crippen molar-refractivity contribution in [3.63, 3.8) is 0 Å². The third kappa shape index (κ3) is 3.83. The van der Waals surface area contributed by atoms with E-state index in [2.05, 4.69) is 24.3 Å². The highest BCUT2D eigenvalue weighted by atomic mass is 16.6. The van der Waals surface area contributed by atoms with Gasteiger partial charge in [-0.15, -0.1) is 0 Å². The zero-order chi connectivity index (χ0) is 24.5. The Morgan fingerprint density at radius 3 is 2.06 bits per heavy atom. The third-order valence-electron chi connectivity index (χ3n) is 6.34. The third-order valence-corrected chi connectivity index (χ3v) is 6.34. The highest BCUT2D eigenvalue weighted by Gasteiger charge is 2.19. The van der Waals surface area contributed by atoms with E-state index in [-0.39, 0.29) is 10.6 Å². The summed E-state index contributed by atoms with van der Waals surface area (Å²) in [4.78, 5) is 16.5. The van der Waals surface area contributed by atoms with E-state index in [1.807, 2.05) is 89.6 Å². The molecular weight excluding hydrogens is 446 g/mol. The molecule has 2 aromatic heterocycles. The average molecular weight is 468 g/mol. The van der Waals surface area contributed by atoms with Gasteiger partial charge in [0, 0.05) is 28.8 Å². The molecule has 0 fully saturated rings. The Morgan fingerprint density at radius 2 is 1.31 bits per heavy atom. The molecule has 0 radical (unpaired) electrons. The first kappa shape index (κ1) is 21.5. The molecule has 36 heavy (non-hydrogen) atoms. The molecule has 6 rings (SSSR count). The second-order valence-electron chi connectivity index (χ2n) is 8.53. The molecule has 0 amide bonds. The Labute approximate surface area is 208 Å². The highest BCUT2D eigenvalue weighted by Crippen LogP contribution is 2.37. The van der Waals surface area contributed by atoms with E-state index in [0.29, 0.717) is 5.56 Å². The van der Waals surface area contributed by atoms with Crippen LogP contribution >= 0.6 is 0 Å². The number of fused-ring (bicyclic) bond motifs is 1. The summed E-state index contributed by atoms with van der Waals surface area (Å²) in [6, 6.07) is 39.2. The molecule has 6 aromatic rings. The molecular formula is C31H21N3O2. The molecule has 5 heteroatoms. The summed E-state index contributed by atoms with van der Waals surface area (Å²) in [6.45, 7) is 0. The first-order valence-corrected chi connectivity index (χ1v) is 11.7. The van der Waals surface area contributed by atoms with Gasteiger partial charge in [-0.1, -0.05) is 91.0 Å². The quantitative estimate of drug-likeness (QED) is 0.191. The molecule has 0 spiro atoms. The molecule has 0 aliphatic heterocycles. The van der Waals surface area contributed by atoms with Crippen LogP contribution in [0.15, 0.2) is 128 Å². The van der Waals surface area contributed by atoms with Crippen LogP contribution in [0.5, 0.6) is 0 Å². The van der Waals surface area contributed by atoms with Gasteiger partial charge in [0.2, 0.25) is 0 Å². The predicted molar refractivity (Wildman–Crippen MR) is 144 cm³/mol. The van der Waals surface area contributed by atoms with Crippen LogP contribution in [0.4, 0.5) is 5.69 Å². The summed E-state index contributed by atoms with van der Waals surface area (Å²) < 4.78 is 2.03. The van der Waals surface area contributed by atoms with Crippen LogP contribution in [0.25, 0.3) is 50.2 Å². The van der Waals surface area contributed by atoms with E-state index in [1.165, 1.54) is 0 Å². The minimum absolute atomic E-state index is 0.0775. The van der Waals surface area contributed by atoms with Crippen molar-refractivity contribution in [3.05, 3.63) is 138 Å². The maximum atomic E-state index is 11.8. The molecule has 4 aromatic carbocycles. The largest absolute Gasteiger partial charge is 0.301 e. The van der Waals surface area contributed by atoms with Crippen molar-refractivity contribution in [2.24, 2.45) is 0 Å². The Kier molecular flexibility index (Phi) is 5.35. The molecule has 0 unspecified atom stereocenters. The molecule has 0 saturated carbocycles. The zero-order valence-electron chi connectivity index (χ0n) is 19.3. The van der Waals surface area contributed by atoms with Crippen LogP contribution in [-0.2, 0) is 0 Å². The minimum Gasteiger partial charge on any atom is -0.301 e. The molecule has 0 aliphatic carbocycles. The maximum absolute atomic E-state index is 11.8. The van der Waals surface area contributed by atoms with Crippen LogP contribution < -0.4 is 0 Å². The Hall–Kier alpha value is -5.03. The zero-order valence-corrected chi connectivity index (χ0v) is 19.3. The van der Waals surface area contributed by atoms with Gasteiger partial charge in [0.25, 0.3) is 5.69 Å². The number of benzene rings is 4. The van der Waals surface area contributed by atoms with Crippen molar-refractivity contribution in [2.45, 2.75) is 0 Å². The van der Waals surface area contributed by atoms with Gasteiger partial charge in [-0.2, -0.15) is 0 Å². The number of nitrogens with zero attached hydrogens (tertiary/aromatic N) is 3. The van der Waals surface area contributed by atoms with Crippen molar-refractivity contribution in [2.75, 3.05) is 0 Å². The Bertz CT molecular complexity index is 1650. The number of hydrogen-bond donors (Lipinski definition) is 0. The molecule has 0 saturated heterocycles. The van der Waals surface area contributed by atoms with Crippen LogP contribution in [-0.4, -0.2) is 14.5 Å². The van der Waals surface area contributed by atoms with Crippen molar-refractivity contribution >= 4 is 16.6 Å². The Balaban J connectivity index is 1.62. The first-order chi connectivity index (χ1) is 17.7. The van der Waals surface area contributed by atoms with E-state index < -0.39 is 0 Å². The SMILES string of the molecule is O=[N+]([O-])c1ccccc1-c1cccc2ccn(-c3cc(-c4ccccc4)cc(-c4ccccc4)n3)c12. The van der Waals surface area contributed by atoms with Gasteiger partial charge < -0.3 is 4.57 Å². The first-order valence-electron chi connectivity index (χ1n) is 11.7. The summed E-state index contributed by atoms with van der Waals surface area (Å²) in [5, 5.41) is 12.8. The van der Waals surface area contributed by atoms with Crippen molar-refractivity contribution in [3.8, 4) is 39.3 Å². The van der Waals surface area contributed by atoms with Crippen LogP contribution in [0.3, 0.4) is 0 Å². The molecule has 0 bridgehead atoms. The van der Waals surface area contributed by atoms with E-state index in [0.717, 1.165) is 44.7 Å². The normalized spacial score (nSPS) is 11.0. The van der Waals surface area contributed by atoms with E-state index in [1.54, 1.807) is 18.2 Å². The van der Waals surface area contributed by atoms with Crippen LogP contribution in [0.2, 0.25) is 0 Å². The molecule has 172 valence electrons. The number of nitro groups is 1. The number of para-hydroxylation sites is 2. The van der Waals surface area contributed by atoms with Gasteiger partial charge in [-0.05, 0) is 35.4 Å². The summed E-state index contributed by atoms with van der Waals surface area (Å²) in [5.41, 5.74) is 6.34. The number of hydrogen-bond acceptors (Lipinski definition) is 3. The van der Waals surface area contributed by atoms with Crippen molar-refractivity contribution < 1.29 is 4.92 Å². The molecule has 0 aliphatic rings. The van der Waals surface area contributed by atoms with Gasteiger partial charge in [-0.25, -0.2) is 4.98 Å². The fourth-order valence-electron chi connectivity index (χ4n) is 4.66. The topological polar surface area (TPSA) is 61.0 Å². The van der Waals surface area contributed by atoms with Gasteiger partial charge in [-0.3, -0.25) is 10.1 Å². The average Bonchev–Trinajstić information content (AvgIpc) is 3.38. The van der Waals surface area contributed by atoms with E-state index >= 15 is 0 Å². The summed E-state index contributed by atoms with van der Waals surface area (Å²) in [6.07, 6.45) is 1.98. The summed E-state index contributed by atoms with van der Waals surface area (Å²) in [5.74, 6) is 0.747. The number of pyridine rings is 1. The number of nitro benzene ring substituents is 1. The van der Waals surface area contributed by atoms with Gasteiger partial charge in [0.15, 0.2) is 0 Å².